The number of nitrogen functional groups attached to an aromatic ring is 1. The number of benzene rings is 1. The Hall–Kier alpha value is -2.65. The molecule has 96 valence electrons. The molecule has 4 N–H and O–H groups in total. The van der Waals surface area contributed by atoms with Gasteiger partial charge in [-0.15, -0.1) is 0 Å². The van der Waals surface area contributed by atoms with Crippen molar-refractivity contribution in [3.05, 3.63) is 47.9 Å². The van der Waals surface area contributed by atoms with E-state index < -0.39 is 6.10 Å². The molecule has 0 bridgehead atoms. The van der Waals surface area contributed by atoms with E-state index in [-0.39, 0.29) is 12.2 Å². The second-order valence-corrected chi connectivity index (χ2v) is 3.93. The first kappa shape index (κ1) is 12.8. The highest BCUT2D eigenvalue weighted by molar-refractivity contribution is 5.47. The van der Waals surface area contributed by atoms with Gasteiger partial charge in [0.05, 0.1) is 6.10 Å². The standard InChI is InChI=1S/C13H13N5O/c14-7-11-13(17-6-5-16-11)18-8-12(19)9-1-3-10(15)4-2-9/h1-6,12,19H,8,15H2,(H,17,18). The fraction of sp³-hybridized carbons (Fsp3) is 0.154. The molecule has 2 aromatic rings. The second kappa shape index (κ2) is 5.80. The molecule has 0 saturated carbocycles. The lowest BCUT2D eigenvalue weighted by atomic mass is 10.1. The summed E-state index contributed by atoms with van der Waals surface area (Å²) in [6, 6.07) is 8.89. The highest BCUT2D eigenvalue weighted by atomic mass is 16.3. The van der Waals surface area contributed by atoms with Crippen molar-refractivity contribution < 1.29 is 5.11 Å². The highest BCUT2D eigenvalue weighted by Crippen LogP contribution is 2.16. The number of aliphatic hydroxyl groups excluding tert-OH is 1. The van der Waals surface area contributed by atoms with E-state index in [9.17, 15) is 5.11 Å². The van der Waals surface area contributed by atoms with Gasteiger partial charge in [-0.2, -0.15) is 5.26 Å². The molecule has 19 heavy (non-hydrogen) atoms. The maximum absolute atomic E-state index is 10.0. The number of nitrogens with two attached hydrogens (primary N) is 1. The quantitative estimate of drug-likeness (QED) is 0.705. The fourth-order valence-electron chi connectivity index (χ4n) is 1.58. The first-order valence-electron chi connectivity index (χ1n) is 5.69. The van der Waals surface area contributed by atoms with Crippen LogP contribution in [0.4, 0.5) is 11.5 Å². The third kappa shape index (κ3) is 3.18. The summed E-state index contributed by atoms with van der Waals surface area (Å²) >= 11 is 0. The van der Waals surface area contributed by atoms with E-state index in [1.807, 2.05) is 6.07 Å². The van der Waals surface area contributed by atoms with Crippen molar-refractivity contribution in [3.8, 4) is 6.07 Å². The predicted molar refractivity (Wildman–Crippen MR) is 71.1 cm³/mol. The largest absolute Gasteiger partial charge is 0.399 e. The second-order valence-electron chi connectivity index (χ2n) is 3.93. The molecule has 0 saturated heterocycles. The Labute approximate surface area is 110 Å². The molecule has 1 aromatic heterocycles. The molecule has 0 aliphatic heterocycles. The lowest BCUT2D eigenvalue weighted by molar-refractivity contribution is 0.191. The molecule has 6 heteroatoms. The molecule has 0 amide bonds. The smallest absolute Gasteiger partial charge is 0.182 e. The summed E-state index contributed by atoms with van der Waals surface area (Å²) in [6.45, 7) is 0.233. The molecule has 1 unspecified atom stereocenters. The van der Waals surface area contributed by atoms with Gasteiger partial charge in [-0.05, 0) is 17.7 Å². The molecule has 0 fully saturated rings. The summed E-state index contributed by atoms with van der Waals surface area (Å²) in [4.78, 5) is 7.88. The van der Waals surface area contributed by atoms with Gasteiger partial charge in [0.1, 0.15) is 6.07 Å². The van der Waals surface area contributed by atoms with Gasteiger partial charge in [-0.1, -0.05) is 12.1 Å². The fourth-order valence-corrected chi connectivity index (χ4v) is 1.58. The van der Waals surface area contributed by atoms with Crippen LogP contribution in [0.15, 0.2) is 36.7 Å². The minimum Gasteiger partial charge on any atom is -0.399 e. The van der Waals surface area contributed by atoms with E-state index in [1.54, 1.807) is 24.3 Å². The number of nitriles is 1. The number of hydrogen-bond donors (Lipinski definition) is 3. The maximum Gasteiger partial charge on any atom is 0.182 e. The van der Waals surface area contributed by atoms with Crippen molar-refractivity contribution in [3.63, 3.8) is 0 Å². The van der Waals surface area contributed by atoms with Crippen molar-refractivity contribution >= 4 is 11.5 Å². The van der Waals surface area contributed by atoms with E-state index in [2.05, 4.69) is 15.3 Å². The Morgan fingerprint density at radius 1 is 1.26 bits per heavy atom. The minimum absolute atomic E-state index is 0.201. The average Bonchev–Trinajstić information content (AvgIpc) is 2.45. The van der Waals surface area contributed by atoms with E-state index in [0.717, 1.165) is 5.56 Å². The molecule has 0 aliphatic rings. The number of nitrogens with one attached hydrogen (secondary N) is 1. The Bertz CT molecular complexity index is 591. The monoisotopic (exact) mass is 255 g/mol. The van der Waals surface area contributed by atoms with Crippen LogP contribution in [0.1, 0.15) is 17.4 Å². The predicted octanol–water partition coefficient (Wildman–Crippen LogP) is 1.08. The zero-order chi connectivity index (χ0) is 13.7. The zero-order valence-corrected chi connectivity index (χ0v) is 10.1. The number of rotatable bonds is 4. The van der Waals surface area contributed by atoms with E-state index in [0.29, 0.717) is 11.5 Å². The normalized spacial score (nSPS) is 11.6. The van der Waals surface area contributed by atoms with Gasteiger partial charge < -0.3 is 16.2 Å². The molecular weight excluding hydrogens is 242 g/mol. The molecule has 2 rings (SSSR count). The molecule has 1 heterocycles. The molecule has 0 spiro atoms. The Balaban J connectivity index is 2.02. The SMILES string of the molecule is N#Cc1nccnc1NCC(O)c1ccc(N)cc1. The van der Waals surface area contributed by atoms with Crippen LogP contribution < -0.4 is 11.1 Å². The van der Waals surface area contributed by atoms with Crippen LogP contribution in [0.25, 0.3) is 0 Å². The van der Waals surface area contributed by atoms with E-state index in [4.69, 9.17) is 11.0 Å². The summed E-state index contributed by atoms with van der Waals surface area (Å²) in [5.41, 5.74) is 7.16. The van der Waals surface area contributed by atoms with Gasteiger partial charge >= 0.3 is 0 Å². The van der Waals surface area contributed by atoms with Gasteiger partial charge in [0.2, 0.25) is 0 Å². The summed E-state index contributed by atoms with van der Waals surface area (Å²) in [6.07, 6.45) is 2.22. The lowest BCUT2D eigenvalue weighted by Crippen LogP contribution is -2.14. The van der Waals surface area contributed by atoms with Gasteiger partial charge in [-0.25, -0.2) is 9.97 Å². The number of nitrogens with zero attached hydrogens (tertiary/aromatic N) is 3. The summed E-state index contributed by atoms with van der Waals surface area (Å²) in [5.74, 6) is 0.361. The Kier molecular flexibility index (Phi) is 3.90. The first-order valence-corrected chi connectivity index (χ1v) is 5.69. The maximum atomic E-state index is 10.0. The van der Waals surface area contributed by atoms with E-state index >= 15 is 0 Å². The number of anilines is 2. The van der Waals surface area contributed by atoms with Crippen molar-refractivity contribution in [2.75, 3.05) is 17.6 Å². The van der Waals surface area contributed by atoms with Gasteiger partial charge in [0.25, 0.3) is 0 Å². The topological polar surface area (TPSA) is 108 Å². The highest BCUT2D eigenvalue weighted by Gasteiger charge is 2.09. The molecule has 1 atom stereocenters. The molecule has 0 radical (unpaired) electrons. The van der Waals surface area contributed by atoms with Crippen LogP contribution in [0.3, 0.4) is 0 Å². The average molecular weight is 255 g/mol. The molecule has 1 aromatic carbocycles. The number of hydrogen-bond acceptors (Lipinski definition) is 6. The van der Waals surface area contributed by atoms with Crippen molar-refractivity contribution in [1.82, 2.24) is 9.97 Å². The van der Waals surface area contributed by atoms with Crippen LogP contribution in [0.5, 0.6) is 0 Å². The van der Waals surface area contributed by atoms with Crippen LogP contribution in [-0.4, -0.2) is 21.6 Å². The molecular formula is C13H13N5O. The van der Waals surface area contributed by atoms with Gasteiger partial charge in [0, 0.05) is 24.6 Å². The Morgan fingerprint density at radius 3 is 2.63 bits per heavy atom. The van der Waals surface area contributed by atoms with E-state index in [1.165, 1.54) is 12.4 Å². The summed E-state index contributed by atoms with van der Waals surface area (Å²) in [7, 11) is 0. The van der Waals surface area contributed by atoms with Crippen LogP contribution in [0, 0.1) is 11.3 Å². The molecule has 0 aliphatic carbocycles. The van der Waals surface area contributed by atoms with Crippen molar-refractivity contribution in [1.29, 1.82) is 5.26 Å². The summed E-state index contributed by atoms with van der Waals surface area (Å²) < 4.78 is 0. The third-order valence-corrected chi connectivity index (χ3v) is 2.59. The molecule has 6 nitrogen and oxygen atoms in total. The van der Waals surface area contributed by atoms with Crippen molar-refractivity contribution in [2.24, 2.45) is 0 Å². The minimum atomic E-state index is -0.714. The van der Waals surface area contributed by atoms with Crippen molar-refractivity contribution in [2.45, 2.75) is 6.10 Å². The summed E-state index contributed by atoms with van der Waals surface area (Å²) in [5, 5.41) is 21.8. The van der Waals surface area contributed by atoms with Crippen LogP contribution >= 0.6 is 0 Å². The third-order valence-electron chi connectivity index (χ3n) is 2.59. The lowest BCUT2D eigenvalue weighted by Gasteiger charge is -2.13. The van der Waals surface area contributed by atoms with Crippen LogP contribution in [0.2, 0.25) is 0 Å². The number of aliphatic hydroxyl groups is 1. The zero-order valence-electron chi connectivity index (χ0n) is 10.1. The van der Waals surface area contributed by atoms with Crippen LogP contribution in [-0.2, 0) is 0 Å². The van der Waals surface area contributed by atoms with Gasteiger partial charge in [0.15, 0.2) is 11.5 Å². The Morgan fingerprint density at radius 2 is 1.95 bits per heavy atom. The number of aromatic nitrogens is 2. The first-order chi connectivity index (χ1) is 9.20. The van der Waals surface area contributed by atoms with Gasteiger partial charge in [-0.3, -0.25) is 0 Å².